The van der Waals surface area contributed by atoms with Crippen LogP contribution in [0.4, 0.5) is 0 Å². The molecule has 5 heteroatoms. The third kappa shape index (κ3) is 1.67. The van der Waals surface area contributed by atoms with E-state index in [2.05, 4.69) is 25.7 Å². The number of H-pyrrole nitrogens is 1. The molecule has 2 aromatic rings. The van der Waals surface area contributed by atoms with Crippen LogP contribution in [0.3, 0.4) is 0 Å². The van der Waals surface area contributed by atoms with Gasteiger partial charge in [-0.05, 0) is 34.1 Å². The average molecular weight is 284 g/mol. The minimum Gasteiger partial charge on any atom is -0.495 e. The van der Waals surface area contributed by atoms with E-state index in [9.17, 15) is 4.79 Å². The second-order valence-electron chi connectivity index (χ2n) is 3.22. The van der Waals surface area contributed by atoms with Gasteiger partial charge in [-0.25, -0.2) is 4.79 Å². The molecule has 0 radical (unpaired) electrons. The summed E-state index contributed by atoms with van der Waals surface area (Å²) in [5, 5.41) is 0.924. The van der Waals surface area contributed by atoms with Crippen LogP contribution >= 0.6 is 15.9 Å². The molecule has 1 N–H and O–H groups in total. The Balaban J connectivity index is 2.62. The van der Waals surface area contributed by atoms with Crippen molar-refractivity contribution in [2.45, 2.75) is 0 Å². The number of ether oxygens (including phenoxy) is 2. The maximum Gasteiger partial charge on any atom is 0.354 e. The number of benzene rings is 1. The van der Waals surface area contributed by atoms with Gasteiger partial charge in [-0.15, -0.1) is 0 Å². The lowest BCUT2D eigenvalue weighted by molar-refractivity contribution is 0.0595. The topological polar surface area (TPSA) is 51.3 Å². The lowest BCUT2D eigenvalue weighted by Gasteiger charge is -2.02. The maximum atomic E-state index is 11.3. The molecule has 0 amide bonds. The van der Waals surface area contributed by atoms with Crippen molar-refractivity contribution < 1.29 is 14.3 Å². The summed E-state index contributed by atoms with van der Waals surface area (Å²) >= 11 is 3.42. The molecule has 0 fully saturated rings. The molecule has 0 saturated carbocycles. The van der Waals surface area contributed by atoms with Gasteiger partial charge in [0.15, 0.2) is 0 Å². The molecule has 0 unspecified atom stereocenters. The quantitative estimate of drug-likeness (QED) is 0.863. The van der Waals surface area contributed by atoms with Crippen LogP contribution in [0.1, 0.15) is 10.5 Å². The van der Waals surface area contributed by atoms with Crippen LogP contribution in [0.25, 0.3) is 10.9 Å². The van der Waals surface area contributed by atoms with E-state index < -0.39 is 0 Å². The van der Waals surface area contributed by atoms with E-state index in [0.717, 1.165) is 15.4 Å². The van der Waals surface area contributed by atoms with Crippen molar-refractivity contribution >= 4 is 32.8 Å². The van der Waals surface area contributed by atoms with E-state index in [4.69, 9.17) is 4.74 Å². The van der Waals surface area contributed by atoms with Crippen molar-refractivity contribution in [3.8, 4) is 5.75 Å². The van der Waals surface area contributed by atoms with Gasteiger partial charge in [0.05, 0.1) is 24.2 Å². The van der Waals surface area contributed by atoms with Crippen molar-refractivity contribution in [1.29, 1.82) is 0 Å². The molecular formula is C11H10BrNO3. The van der Waals surface area contributed by atoms with Gasteiger partial charge in [0.2, 0.25) is 0 Å². The van der Waals surface area contributed by atoms with Crippen molar-refractivity contribution in [2.24, 2.45) is 0 Å². The van der Waals surface area contributed by atoms with E-state index in [0.29, 0.717) is 11.4 Å². The van der Waals surface area contributed by atoms with Gasteiger partial charge >= 0.3 is 5.97 Å². The Labute approximate surface area is 101 Å². The van der Waals surface area contributed by atoms with E-state index in [1.54, 1.807) is 13.2 Å². The summed E-state index contributed by atoms with van der Waals surface area (Å²) in [5.41, 5.74) is 1.24. The Hall–Kier alpha value is -1.49. The minimum absolute atomic E-state index is 0.387. The number of rotatable bonds is 2. The molecule has 16 heavy (non-hydrogen) atoms. The molecule has 0 bridgehead atoms. The highest BCUT2D eigenvalue weighted by atomic mass is 79.9. The lowest BCUT2D eigenvalue weighted by atomic mass is 10.2. The van der Waals surface area contributed by atoms with Crippen LogP contribution in [0, 0.1) is 0 Å². The lowest BCUT2D eigenvalue weighted by Crippen LogP contribution is -2.00. The standard InChI is InChI=1S/C11H10BrNO3/c1-15-8-4-3-6-5-7(11(14)16-2)13-10(6)9(8)12/h3-5,13H,1-2H3. The monoisotopic (exact) mass is 283 g/mol. The first-order valence-electron chi connectivity index (χ1n) is 4.61. The minimum atomic E-state index is -0.387. The van der Waals surface area contributed by atoms with Gasteiger partial charge in [0.25, 0.3) is 0 Å². The fourth-order valence-electron chi connectivity index (χ4n) is 1.52. The Bertz CT molecular complexity index is 547. The number of aromatic nitrogens is 1. The number of esters is 1. The van der Waals surface area contributed by atoms with Crippen LogP contribution in [0.2, 0.25) is 0 Å². The molecule has 0 spiro atoms. The fourth-order valence-corrected chi connectivity index (χ4v) is 2.15. The van der Waals surface area contributed by atoms with Gasteiger partial charge in [0.1, 0.15) is 11.4 Å². The Morgan fingerprint density at radius 2 is 2.12 bits per heavy atom. The van der Waals surface area contributed by atoms with Gasteiger partial charge in [-0.2, -0.15) is 0 Å². The number of nitrogens with one attached hydrogen (secondary N) is 1. The molecule has 1 aromatic heterocycles. The molecule has 0 atom stereocenters. The Morgan fingerprint density at radius 3 is 2.75 bits per heavy atom. The zero-order chi connectivity index (χ0) is 11.7. The van der Waals surface area contributed by atoms with E-state index >= 15 is 0 Å². The van der Waals surface area contributed by atoms with Crippen molar-refractivity contribution in [1.82, 2.24) is 4.98 Å². The predicted octanol–water partition coefficient (Wildman–Crippen LogP) is 2.73. The second kappa shape index (κ2) is 4.17. The Morgan fingerprint density at radius 1 is 1.38 bits per heavy atom. The Kier molecular flexibility index (Phi) is 2.87. The summed E-state index contributed by atoms with van der Waals surface area (Å²) in [6.45, 7) is 0. The number of halogens is 1. The van der Waals surface area contributed by atoms with Crippen LogP contribution in [0.15, 0.2) is 22.7 Å². The zero-order valence-corrected chi connectivity index (χ0v) is 10.4. The summed E-state index contributed by atoms with van der Waals surface area (Å²) in [4.78, 5) is 14.3. The fraction of sp³-hybridized carbons (Fsp3) is 0.182. The molecule has 1 heterocycles. The number of carbonyl (C=O) groups excluding carboxylic acids is 1. The summed E-state index contributed by atoms with van der Waals surface area (Å²) in [6.07, 6.45) is 0. The van der Waals surface area contributed by atoms with Gasteiger partial charge in [0, 0.05) is 5.39 Å². The smallest absolute Gasteiger partial charge is 0.354 e. The molecule has 0 aliphatic heterocycles. The summed E-state index contributed by atoms with van der Waals surface area (Å²) in [6, 6.07) is 5.45. The van der Waals surface area contributed by atoms with Crippen LogP contribution < -0.4 is 4.74 Å². The van der Waals surface area contributed by atoms with Crippen molar-refractivity contribution in [2.75, 3.05) is 14.2 Å². The van der Waals surface area contributed by atoms with Crippen molar-refractivity contribution in [3.05, 3.63) is 28.4 Å². The number of carbonyl (C=O) groups is 1. The second-order valence-corrected chi connectivity index (χ2v) is 4.01. The first-order chi connectivity index (χ1) is 7.67. The highest BCUT2D eigenvalue weighted by Gasteiger charge is 2.13. The number of hydrogen-bond acceptors (Lipinski definition) is 3. The molecule has 0 saturated heterocycles. The average Bonchev–Trinajstić information content (AvgIpc) is 2.73. The number of methoxy groups -OCH3 is 2. The number of fused-ring (bicyclic) bond motifs is 1. The highest BCUT2D eigenvalue weighted by Crippen LogP contribution is 2.32. The van der Waals surface area contributed by atoms with Crippen molar-refractivity contribution in [3.63, 3.8) is 0 Å². The molecular weight excluding hydrogens is 274 g/mol. The molecule has 1 aromatic carbocycles. The SMILES string of the molecule is COC(=O)c1cc2ccc(OC)c(Br)c2[nH]1. The van der Waals surface area contributed by atoms with Crippen LogP contribution in [-0.2, 0) is 4.74 Å². The zero-order valence-electron chi connectivity index (χ0n) is 8.83. The maximum absolute atomic E-state index is 11.3. The number of hydrogen-bond donors (Lipinski definition) is 1. The first kappa shape index (κ1) is 11.0. The molecule has 4 nitrogen and oxygen atoms in total. The molecule has 84 valence electrons. The summed E-state index contributed by atoms with van der Waals surface area (Å²) < 4.78 is 10.6. The molecule has 0 aliphatic carbocycles. The van der Waals surface area contributed by atoms with Crippen LogP contribution in [-0.4, -0.2) is 25.2 Å². The van der Waals surface area contributed by atoms with E-state index in [1.165, 1.54) is 7.11 Å². The van der Waals surface area contributed by atoms with Crippen LogP contribution in [0.5, 0.6) is 5.75 Å². The summed E-state index contributed by atoms with van der Waals surface area (Å²) in [5.74, 6) is 0.327. The third-order valence-corrected chi connectivity index (χ3v) is 3.11. The largest absolute Gasteiger partial charge is 0.495 e. The molecule has 2 rings (SSSR count). The van der Waals surface area contributed by atoms with Gasteiger partial charge < -0.3 is 14.5 Å². The molecule has 0 aliphatic rings. The first-order valence-corrected chi connectivity index (χ1v) is 5.40. The predicted molar refractivity (Wildman–Crippen MR) is 63.9 cm³/mol. The normalized spacial score (nSPS) is 10.4. The van der Waals surface area contributed by atoms with Gasteiger partial charge in [-0.1, -0.05) is 0 Å². The number of aromatic amines is 1. The van der Waals surface area contributed by atoms with E-state index in [1.807, 2.05) is 12.1 Å². The van der Waals surface area contributed by atoms with E-state index in [-0.39, 0.29) is 5.97 Å². The highest BCUT2D eigenvalue weighted by molar-refractivity contribution is 9.10. The summed E-state index contributed by atoms with van der Waals surface area (Å²) in [7, 11) is 2.94. The third-order valence-electron chi connectivity index (χ3n) is 2.32. The van der Waals surface area contributed by atoms with Gasteiger partial charge in [-0.3, -0.25) is 0 Å².